The van der Waals surface area contributed by atoms with Crippen LogP contribution in [0.25, 0.3) is 6.08 Å². The number of para-hydroxylation sites is 2. The number of anilines is 2. The van der Waals surface area contributed by atoms with Gasteiger partial charge in [-0.25, -0.2) is 0 Å². The van der Waals surface area contributed by atoms with E-state index < -0.39 is 29.5 Å². The highest BCUT2D eigenvalue weighted by Gasteiger charge is 2.36. The number of thioether (sulfide) groups is 1. The third-order valence-electron chi connectivity index (χ3n) is 5.28. The molecular formula is C27H21Cl2N3O6S. The van der Waals surface area contributed by atoms with Gasteiger partial charge < -0.3 is 20.1 Å². The summed E-state index contributed by atoms with van der Waals surface area (Å²) in [6.07, 6.45) is 1.46. The molecule has 3 aromatic carbocycles. The number of imide groups is 1. The number of nitrogens with zero attached hydrogens (tertiary/aromatic N) is 1. The molecule has 0 atom stereocenters. The molecule has 0 aromatic heterocycles. The monoisotopic (exact) mass is 585 g/mol. The SMILES string of the molecule is COc1cc(/C=C2\SC(=O)N(CC(=O)Nc3ccccc3)C2=O)cc(Cl)c1OCC(=O)Nc1ccccc1Cl. The Morgan fingerprint density at radius 1 is 0.949 bits per heavy atom. The van der Waals surface area contributed by atoms with Gasteiger partial charge in [0.25, 0.3) is 17.1 Å². The van der Waals surface area contributed by atoms with Crippen LogP contribution in [0, 0.1) is 0 Å². The minimum atomic E-state index is -0.611. The zero-order valence-corrected chi connectivity index (χ0v) is 22.7. The number of hydrogen-bond acceptors (Lipinski definition) is 7. The van der Waals surface area contributed by atoms with Crippen molar-refractivity contribution in [3.63, 3.8) is 0 Å². The minimum absolute atomic E-state index is 0.110. The summed E-state index contributed by atoms with van der Waals surface area (Å²) in [6, 6.07) is 18.5. The van der Waals surface area contributed by atoms with E-state index in [0.717, 1.165) is 4.90 Å². The van der Waals surface area contributed by atoms with E-state index in [-0.39, 0.29) is 28.0 Å². The summed E-state index contributed by atoms with van der Waals surface area (Å²) in [5.74, 6) is -1.25. The summed E-state index contributed by atoms with van der Waals surface area (Å²) in [7, 11) is 1.39. The van der Waals surface area contributed by atoms with Gasteiger partial charge in [0, 0.05) is 5.69 Å². The van der Waals surface area contributed by atoms with Gasteiger partial charge in [-0.3, -0.25) is 24.1 Å². The summed E-state index contributed by atoms with van der Waals surface area (Å²) >= 11 is 13.2. The van der Waals surface area contributed by atoms with E-state index in [1.54, 1.807) is 60.7 Å². The third kappa shape index (κ3) is 7.11. The minimum Gasteiger partial charge on any atom is -0.493 e. The fourth-order valence-electron chi connectivity index (χ4n) is 3.50. The standard InChI is InChI=1S/C27H21Cl2N3O6S/c1-37-21-12-16(11-19(29)25(21)38-15-24(34)31-20-10-6-5-9-18(20)28)13-22-26(35)32(27(36)39-22)14-23(33)30-17-7-3-2-4-8-17/h2-13H,14-15H2,1H3,(H,30,33)(H,31,34)/b22-13-. The molecule has 4 amide bonds. The molecule has 1 saturated heterocycles. The van der Waals surface area contributed by atoms with Crippen molar-refractivity contribution in [2.75, 3.05) is 30.9 Å². The predicted octanol–water partition coefficient (Wildman–Crippen LogP) is 5.69. The largest absolute Gasteiger partial charge is 0.493 e. The van der Waals surface area contributed by atoms with Crippen molar-refractivity contribution in [2.45, 2.75) is 0 Å². The Kier molecular flexibility index (Phi) is 9.13. The summed E-state index contributed by atoms with van der Waals surface area (Å²) in [5, 5.41) is 5.21. The Morgan fingerprint density at radius 2 is 1.67 bits per heavy atom. The van der Waals surface area contributed by atoms with Crippen LogP contribution in [-0.4, -0.2) is 48.1 Å². The van der Waals surface area contributed by atoms with Gasteiger partial charge in [0.1, 0.15) is 6.54 Å². The number of carbonyl (C=O) groups excluding carboxylic acids is 4. The van der Waals surface area contributed by atoms with E-state index in [2.05, 4.69) is 10.6 Å². The molecule has 200 valence electrons. The molecule has 1 fully saturated rings. The molecule has 3 aromatic rings. The Hall–Kier alpha value is -3.99. The number of ether oxygens (including phenoxy) is 2. The maximum absolute atomic E-state index is 12.9. The highest BCUT2D eigenvalue weighted by atomic mass is 35.5. The van der Waals surface area contributed by atoms with Gasteiger partial charge in [0.05, 0.1) is 27.7 Å². The van der Waals surface area contributed by atoms with Gasteiger partial charge in [0.15, 0.2) is 18.1 Å². The molecule has 0 radical (unpaired) electrons. The van der Waals surface area contributed by atoms with E-state index in [1.807, 2.05) is 0 Å². The maximum atomic E-state index is 12.9. The van der Waals surface area contributed by atoms with Gasteiger partial charge in [0.2, 0.25) is 5.91 Å². The van der Waals surface area contributed by atoms with Crippen LogP contribution in [-0.2, 0) is 14.4 Å². The number of benzene rings is 3. The lowest BCUT2D eigenvalue weighted by Gasteiger charge is -2.14. The van der Waals surface area contributed by atoms with Crippen molar-refractivity contribution in [2.24, 2.45) is 0 Å². The molecule has 12 heteroatoms. The van der Waals surface area contributed by atoms with Crippen LogP contribution < -0.4 is 20.1 Å². The molecule has 0 bridgehead atoms. The number of hydrogen-bond donors (Lipinski definition) is 2. The molecule has 2 N–H and O–H groups in total. The molecule has 0 spiro atoms. The molecule has 0 saturated carbocycles. The van der Waals surface area contributed by atoms with E-state index in [1.165, 1.54) is 19.3 Å². The van der Waals surface area contributed by atoms with E-state index in [4.69, 9.17) is 32.7 Å². The average Bonchev–Trinajstić information content (AvgIpc) is 3.16. The zero-order valence-electron chi connectivity index (χ0n) is 20.4. The zero-order chi connectivity index (χ0) is 27.9. The fourth-order valence-corrected chi connectivity index (χ4v) is 4.80. The first-order valence-corrected chi connectivity index (χ1v) is 13.0. The first-order valence-electron chi connectivity index (χ1n) is 11.4. The fraction of sp³-hybridized carbons (Fsp3) is 0.111. The van der Waals surface area contributed by atoms with Gasteiger partial charge >= 0.3 is 0 Å². The van der Waals surface area contributed by atoms with Crippen LogP contribution in [0.2, 0.25) is 10.0 Å². The van der Waals surface area contributed by atoms with E-state index in [0.29, 0.717) is 33.7 Å². The smallest absolute Gasteiger partial charge is 0.294 e. The molecule has 9 nitrogen and oxygen atoms in total. The number of amides is 4. The second-order valence-electron chi connectivity index (χ2n) is 8.03. The predicted molar refractivity (Wildman–Crippen MR) is 151 cm³/mol. The van der Waals surface area contributed by atoms with Crippen molar-refractivity contribution in [3.8, 4) is 11.5 Å². The van der Waals surface area contributed by atoms with Crippen LogP contribution in [0.4, 0.5) is 16.2 Å². The van der Waals surface area contributed by atoms with Gasteiger partial charge in [-0.2, -0.15) is 0 Å². The second kappa shape index (κ2) is 12.7. The molecule has 1 aliphatic rings. The van der Waals surface area contributed by atoms with Crippen LogP contribution >= 0.6 is 35.0 Å². The molecule has 39 heavy (non-hydrogen) atoms. The summed E-state index contributed by atoms with van der Waals surface area (Å²) in [6.45, 7) is -0.797. The average molecular weight is 586 g/mol. The second-order valence-corrected chi connectivity index (χ2v) is 9.84. The van der Waals surface area contributed by atoms with Gasteiger partial charge in [-0.1, -0.05) is 53.5 Å². The van der Waals surface area contributed by atoms with Crippen molar-refractivity contribution >= 4 is 75.4 Å². The quantitative estimate of drug-likeness (QED) is 0.310. The summed E-state index contributed by atoms with van der Waals surface area (Å²) in [4.78, 5) is 51.0. The van der Waals surface area contributed by atoms with Crippen molar-refractivity contribution in [3.05, 3.63) is 87.2 Å². The Labute approximate surface area is 238 Å². The molecule has 4 rings (SSSR count). The van der Waals surface area contributed by atoms with Gasteiger partial charge in [-0.05, 0) is 59.8 Å². The number of carbonyl (C=O) groups is 4. The number of nitrogens with one attached hydrogen (secondary N) is 2. The van der Waals surface area contributed by atoms with Crippen LogP contribution in [0.5, 0.6) is 11.5 Å². The number of methoxy groups -OCH3 is 1. The lowest BCUT2D eigenvalue weighted by atomic mass is 10.1. The Bertz CT molecular complexity index is 1470. The number of rotatable bonds is 9. The van der Waals surface area contributed by atoms with E-state index in [9.17, 15) is 19.2 Å². The summed E-state index contributed by atoms with van der Waals surface area (Å²) in [5.41, 5.74) is 1.44. The van der Waals surface area contributed by atoms with Crippen molar-refractivity contribution in [1.82, 2.24) is 4.90 Å². The highest BCUT2D eigenvalue weighted by Crippen LogP contribution is 2.39. The third-order valence-corrected chi connectivity index (χ3v) is 6.80. The van der Waals surface area contributed by atoms with Crippen LogP contribution in [0.1, 0.15) is 5.56 Å². The summed E-state index contributed by atoms with van der Waals surface area (Å²) < 4.78 is 11.0. The normalized spacial score (nSPS) is 13.9. The van der Waals surface area contributed by atoms with Crippen molar-refractivity contribution in [1.29, 1.82) is 0 Å². The van der Waals surface area contributed by atoms with Crippen molar-refractivity contribution < 1.29 is 28.7 Å². The van der Waals surface area contributed by atoms with Crippen LogP contribution in [0.3, 0.4) is 0 Å². The van der Waals surface area contributed by atoms with E-state index >= 15 is 0 Å². The molecule has 1 heterocycles. The molecule has 0 unspecified atom stereocenters. The first kappa shape index (κ1) is 28.0. The highest BCUT2D eigenvalue weighted by molar-refractivity contribution is 8.18. The topological polar surface area (TPSA) is 114 Å². The Balaban J connectivity index is 1.43. The van der Waals surface area contributed by atoms with Gasteiger partial charge in [-0.15, -0.1) is 0 Å². The Morgan fingerprint density at radius 3 is 2.38 bits per heavy atom. The molecular weight excluding hydrogens is 565 g/mol. The first-order chi connectivity index (χ1) is 18.7. The molecule has 1 aliphatic heterocycles. The lowest BCUT2D eigenvalue weighted by Crippen LogP contribution is -2.36. The van der Waals surface area contributed by atoms with Crippen LogP contribution in [0.15, 0.2) is 71.6 Å². The number of halogens is 2. The molecule has 0 aliphatic carbocycles. The maximum Gasteiger partial charge on any atom is 0.294 e. The lowest BCUT2D eigenvalue weighted by molar-refractivity contribution is -0.127.